The van der Waals surface area contributed by atoms with E-state index in [0.717, 1.165) is 5.56 Å². The number of nitrogens with one attached hydrogen (secondary N) is 1. The smallest absolute Gasteiger partial charge is 0.408 e. The molecular weight excluding hydrogens is 286 g/mol. The maximum absolute atomic E-state index is 12.0. The molecule has 6 heteroatoms. The van der Waals surface area contributed by atoms with Crippen LogP contribution in [0.15, 0.2) is 30.3 Å². The average molecular weight is 305 g/mol. The van der Waals surface area contributed by atoms with Gasteiger partial charge in [0.05, 0.1) is 7.11 Å². The average Bonchev–Trinajstić information content (AvgIpc) is 2.55. The van der Waals surface area contributed by atoms with Crippen molar-refractivity contribution in [3.63, 3.8) is 0 Å². The quantitative estimate of drug-likeness (QED) is 0.860. The molecule has 0 unspecified atom stereocenters. The number of carbonyl (C=O) groups excluding carboxylic acids is 3. The number of alkyl carbamates (subject to hydrolysis) is 1. The summed E-state index contributed by atoms with van der Waals surface area (Å²) in [6, 6.07) is 9.23. The summed E-state index contributed by atoms with van der Waals surface area (Å²) in [5.41, 5.74) is -0.320. The van der Waals surface area contributed by atoms with Crippen molar-refractivity contribution in [2.75, 3.05) is 7.11 Å². The number of ether oxygens (including phenoxy) is 2. The summed E-state index contributed by atoms with van der Waals surface area (Å²) in [6.07, 6.45) is 0.267. The molecule has 1 N–H and O–H groups in total. The highest BCUT2D eigenvalue weighted by Gasteiger charge is 2.44. The van der Waals surface area contributed by atoms with Gasteiger partial charge in [-0.25, -0.2) is 9.59 Å². The number of benzene rings is 1. The molecule has 6 nitrogen and oxygen atoms in total. The Kier molecular flexibility index (Phi) is 5.14. The van der Waals surface area contributed by atoms with Crippen LogP contribution in [0.3, 0.4) is 0 Å². The van der Waals surface area contributed by atoms with Gasteiger partial charge in [0.1, 0.15) is 17.9 Å². The first-order chi connectivity index (χ1) is 10.6. The SMILES string of the molecule is COC(=O)C1(NC(=O)OCc2ccccc2)CCC(=O)CC1. The van der Waals surface area contributed by atoms with Crippen LogP contribution in [0.4, 0.5) is 4.79 Å². The van der Waals surface area contributed by atoms with Gasteiger partial charge < -0.3 is 14.8 Å². The van der Waals surface area contributed by atoms with Crippen molar-refractivity contribution in [1.82, 2.24) is 5.32 Å². The lowest BCUT2D eigenvalue weighted by Gasteiger charge is -2.34. The second-order valence-electron chi connectivity index (χ2n) is 5.30. The molecule has 0 atom stereocenters. The maximum Gasteiger partial charge on any atom is 0.408 e. The predicted molar refractivity (Wildman–Crippen MR) is 78.0 cm³/mol. The van der Waals surface area contributed by atoms with Gasteiger partial charge in [-0.15, -0.1) is 0 Å². The van der Waals surface area contributed by atoms with Crippen molar-refractivity contribution in [1.29, 1.82) is 0 Å². The van der Waals surface area contributed by atoms with E-state index in [9.17, 15) is 14.4 Å². The maximum atomic E-state index is 12.0. The zero-order valence-electron chi connectivity index (χ0n) is 12.5. The number of hydrogen-bond donors (Lipinski definition) is 1. The third kappa shape index (κ3) is 3.84. The number of esters is 1. The van der Waals surface area contributed by atoms with Crippen LogP contribution >= 0.6 is 0 Å². The first-order valence-corrected chi connectivity index (χ1v) is 7.15. The highest BCUT2D eigenvalue weighted by Crippen LogP contribution is 2.27. The second-order valence-corrected chi connectivity index (χ2v) is 5.30. The van der Waals surface area contributed by atoms with Crippen LogP contribution in [0.25, 0.3) is 0 Å². The Bertz CT molecular complexity index is 545. The summed E-state index contributed by atoms with van der Waals surface area (Å²) in [4.78, 5) is 35.3. The molecule has 0 bridgehead atoms. The molecule has 1 aliphatic rings. The summed E-state index contributed by atoms with van der Waals surface area (Å²) >= 11 is 0. The number of ketones is 1. The predicted octanol–water partition coefficient (Wildman–Crippen LogP) is 1.97. The minimum absolute atomic E-state index is 0.0824. The Morgan fingerprint density at radius 1 is 1.18 bits per heavy atom. The van der Waals surface area contributed by atoms with Gasteiger partial charge >= 0.3 is 12.1 Å². The first kappa shape index (κ1) is 16.0. The summed E-state index contributed by atoms with van der Waals surface area (Å²) in [5.74, 6) is -0.462. The zero-order valence-corrected chi connectivity index (χ0v) is 12.5. The molecule has 0 radical (unpaired) electrons. The Labute approximate surface area is 128 Å². The van der Waals surface area contributed by atoms with Crippen molar-refractivity contribution < 1.29 is 23.9 Å². The number of carbonyl (C=O) groups is 3. The van der Waals surface area contributed by atoms with Crippen molar-refractivity contribution in [3.05, 3.63) is 35.9 Å². The molecule has 22 heavy (non-hydrogen) atoms. The lowest BCUT2D eigenvalue weighted by molar-refractivity contribution is -0.150. The minimum atomic E-state index is -1.17. The van der Waals surface area contributed by atoms with Gasteiger partial charge in [0.15, 0.2) is 0 Å². The highest BCUT2D eigenvalue weighted by atomic mass is 16.6. The van der Waals surface area contributed by atoms with Crippen LogP contribution < -0.4 is 5.32 Å². The lowest BCUT2D eigenvalue weighted by Crippen LogP contribution is -2.57. The molecule has 0 saturated heterocycles. The van der Waals surface area contributed by atoms with E-state index in [1.54, 1.807) is 0 Å². The fraction of sp³-hybridized carbons (Fsp3) is 0.438. The van der Waals surface area contributed by atoms with Crippen LogP contribution in [-0.4, -0.2) is 30.5 Å². The van der Waals surface area contributed by atoms with Crippen LogP contribution in [-0.2, 0) is 25.7 Å². The van der Waals surface area contributed by atoms with Crippen molar-refractivity contribution in [3.8, 4) is 0 Å². The van der Waals surface area contributed by atoms with E-state index in [1.807, 2.05) is 30.3 Å². The van der Waals surface area contributed by atoms with Crippen LogP contribution in [0.2, 0.25) is 0 Å². The van der Waals surface area contributed by atoms with Crippen molar-refractivity contribution >= 4 is 17.8 Å². The van der Waals surface area contributed by atoms with Crippen LogP contribution in [0, 0.1) is 0 Å². The number of Topliss-reactive ketones (excluding diaryl/α,β-unsaturated/α-hetero) is 1. The third-order valence-corrected chi connectivity index (χ3v) is 3.79. The third-order valence-electron chi connectivity index (χ3n) is 3.79. The van der Waals surface area contributed by atoms with Crippen LogP contribution in [0.5, 0.6) is 0 Å². The fourth-order valence-electron chi connectivity index (χ4n) is 2.49. The lowest BCUT2D eigenvalue weighted by atomic mass is 9.81. The van der Waals surface area contributed by atoms with E-state index < -0.39 is 17.6 Å². The Balaban J connectivity index is 1.96. The first-order valence-electron chi connectivity index (χ1n) is 7.15. The molecule has 0 heterocycles. The van der Waals surface area contributed by atoms with E-state index in [-0.39, 0.29) is 38.1 Å². The van der Waals surface area contributed by atoms with Crippen molar-refractivity contribution in [2.45, 2.75) is 37.8 Å². The fourth-order valence-corrected chi connectivity index (χ4v) is 2.49. The largest absolute Gasteiger partial charge is 0.467 e. The summed E-state index contributed by atoms with van der Waals surface area (Å²) in [5, 5.41) is 2.59. The Hall–Kier alpha value is -2.37. The van der Waals surface area contributed by atoms with Gasteiger partial charge in [-0.05, 0) is 18.4 Å². The van der Waals surface area contributed by atoms with E-state index >= 15 is 0 Å². The van der Waals surface area contributed by atoms with Gasteiger partial charge in [0.25, 0.3) is 0 Å². The molecular formula is C16H19NO5. The number of rotatable bonds is 4. The standard InChI is InChI=1S/C16H19NO5/c1-21-14(19)16(9-7-13(18)8-10-16)17-15(20)22-11-12-5-3-2-4-6-12/h2-6H,7-11H2,1H3,(H,17,20). The van der Waals surface area contributed by atoms with Gasteiger partial charge in [0, 0.05) is 12.8 Å². The van der Waals surface area contributed by atoms with Gasteiger partial charge in [-0.2, -0.15) is 0 Å². The molecule has 2 rings (SSSR count). The number of methoxy groups -OCH3 is 1. The molecule has 1 amide bonds. The minimum Gasteiger partial charge on any atom is -0.467 e. The molecule has 0 aromatic heterocycles. The van der Waals surface area contributed by atoms with Gasteiger partial charge in [-0.1, -0.05) is 30.3 Å². The Morgan fingerprint density at radius 3 is 2.41 bits per heavy atom. The zero-order chi connectivity index (χ0) is 16.0. The molecule has 1 aromatic carbocycles. The second kappa shape index (κ2) is 7.06. The van der Waals surface area contributed by atoms with Gasteiger partial charge in [-0.3, -0.25) is 4.79 Å². The van der Waals surface area contributed by atoms with E-state index in [4.69, 9.17) is 9.47 Å². The summed E-state index contributed by atoms with van der Waals surface area (Å²) in [6.45, 7) is 0.114. The molecule has 1 fully saturated rings. The molecule has 1 aliphatic carbocycles. The van der Waals surface area contributed by atoms with Gasteiger partial charge in [0.2, 0.25) is 0 Å². The number of hydrogen-bond acceptors (Lipinski definition) is 5. The molecule has 118 valence electrons. The molecule has 0 spiro atoms. The highest BCUT2D eigenvalue weighted by molar-refractivity contribution is 5.89. The van der Waals surface area contributed by atoms with E-state index in [2.05, 4.69) is 5.32 Å². The molecule has 1 aromatic rings. The van der Waals surface area contributed by atoms with Crippen molar-refractivity contribution in [2.24, 2.45) is 0 Å². The summed E-state index contributed by atoms with van der Waals surface area (Å²) < 4.78 is 9.91. The number of amides is 1. The normalized spacial score (nSPS) is 16.7. The molecule has 0 aliphatic heterocycles. The summed E-state index contributed by atoms with van der Waals surface area (Å²) in [7, 11) is 1.26. The van der Waals surface area contributed by atoms with Crippen LogP contribution in [0.1, 0.15) is 31.2 Å². The van der Waals surface area contributed by atoms with E-state index in [1.165, 1.54) is 7.11 Å². The topological polar surface area (TPSA) is 81.7 Å². The van der Waals surface area contributed by atoms with E-state index in [0.29, 0.717) is 0 Å². The monoisotopic (exact) mass is 305 g/mol. The Morgan fingerprint density at radius 2 is 1.82 bits per heavy atom. The molecule has 1 saturated carbocycles.